The normalized spacial score (nSPS) is 11.5. The first-order chi connectivity index (χ1) is 50.0. The number of halogens is 9. The van der Waals surface area contributed by atoms with Crippen molar-refractivity contribution in [2.75, 3.05) is 0 Å². The molecule has 560 valence electrons. The summed E-state index contributed by atoms with van der Waals surface area (Å²) in [6.07, 6.45) is 3.64. The fourth-order valence-electron chi connectivity index (χ4n) is 11.9. The van der Waals surface area contributed by atoms with Crippen LogP contribution in [0, 0.1) is 74.2 Å². The average molecular weight is 1470 g/mol. The Morgan fingerprint density at radius 1 is 0.336 bits per heavy atom. The van der Waals surface area contributed by atoms with E-state index in [1.54, 1.807) is 81.6 Å². The van der Waals surface area contributed by atoms with Crippen LogP contribution in [0.15, 0.2) is 219 Å². The minimum absolute atomic E-state index is 0.0831. The number of nitrogens with one attached hydrogen (secondary N) is 1. The Hall–Kier alpha value is -9.78. The molecular weight excluding hydrogens is 1370 g/mol. The van der Waals surface area contributed by atoms with E-state index < -0.39 is 23.3 Å². The summed E-state index contributed by atoms with van der Waals surface area (Å²) in [6.45, 7) is 42.2. The molecule has 0 aliphatic rings. The number of H-pyrrole nitrogens is 1. The first-order valence-electron chi connectivity index (χ1n) is 35.9. The van der Waals surface area contributed by atoms with E-state index in [0.717, 1.165) is 79.9 Å². The maximum absolute atomic E-state index is 14.7. The predicted molar refractivity (Wildman–Crippen MR) is 430 cm³/mol. The molecular formula is C94H101ClF8N4. The van der Waals surface area contributed by atoms with E-state index in [4.69, 9.17) is 16.6 Å². The van der Waals surface area contributed by atoms with Gasteiger partial charge in [0.1, 0.15) is 34.9 Å². The zero-order chi connectivity index (χ0) is 79.3. The van der Waals surface area contributed by atoms with Crippen molar-refractivity contribution in [1.82, 2.24) is 20.2 Å². The molecule has 0 bridgehead atoms. The number of hydrogen-bond acceptors (Lipinski definition) is 3. The second-order valence-corrected chi connectivity index (χ2v) is 32.7. The van der Waals surface area contributed by atoms with Crippen molar-refractivity contribution < 1.29 is 35.1 Å². The zero-order valence-electron chi connectivity index (χ0n) is 65.6. The zero-order valence-corrected chi connectivity index (χ0v) is 66.4. The van der Waals surface area contributed by atoms with Gasteiger partial charge in [0, 0.05) is 72.9 Å². The Bertz CT molecular complexity index is 4960. The lowest BCUT2D eigenvalue weighted by atomic mass is 9.84. The molecule has 3 heterocycles. The fraction of sp³-hybridized carbons (Fsp3) is 0.287. The summed E-state index contributed by atoms with van der Waals surface area (Å²) in [5.41, 5.74) is 16.8. The summed E-state index contributed by atoms with van der Waals surface area (Å²) >= 11 is 5.95. The third kappa shape index (κ3) is 22.9. The maximum Gasteiger partial charge on any atom is 0.159 e. The van der Waals surface area contributed by atoms with Crippen LogP contribution in [0.1, 0.15) is 180 Å². The number of aromatic amines is 1. The highest BCUT2D eigenvalue weighted by atomic mass is 35.5. The summed E-state index contributed by atoms with van der Waals surface area (Å²) in [4.78, 5) is 9.40. The highest BCUT2D eigenvalue weighted by Gasteiger charge is 2.26. The monoisotopic (exact) mass is 1470 g/mol. The summed E-state index contributed by atoms with van der Waals surface area (Å²) in [5, 5.41) is 7.34. The Labute approximate surface area is 634 Å². The molecule has 0 atom stereocenters. The molecule has 0 saturated heterocycles. The van der Waals surface area contributed by atoms with Crippen molar-refractivity contribution in [3.8, 4) is 67.0 Å². The summed E-state index contributed by atoms with van der Waals surface area (Å²) in [6, 6.07) is 60.6. The number of aryl methyl sites for hydroxylation is 4. The van der Waals surface area contributed by atoms with E-state index in [2.05, 4.69) is 126 Å². The molecule has 12 rings (SSSR count). The first-order valence-corrected chi connectivity index (χ1v) is 36.3. The van der Waals surface area contributed by atoms with Crippen molar-refractivity contribution in [3.63, 3.8) is 0 Å². The quantitative estimate of drug-likeness (QED) is 0.162. The Morgan fingerprint density at radius 3 is 1.30 bits per heavy atom. The SMILES string of the molecule is CC(C)(C)c1cccc(-c2cccc(Cl)c2)c1F.CC(C)(C)c1cccc(-c2cn[nH]c2)n1.Cc1cc(F)c(F)cc1-c1cccc(C(C)(C)C)c1F.Cc1cc(F)cc(F)c1-c1cccc(C(C)C)c1.Cc1cc(F)ccc1-c1cccc(C(C)(C)C)c1F.Cc1ccccc1-c1cccc(C(C)(C)C)n1. The lowest BCUT2D eigenvalue weighted by molar-refractivity contribution is 0.507. The van der Waals surface area contributed by atoms with Gasteiger partial charge >= 0.3 is 0 Å². The molecule has 12 aromatic rings. The van der Waals surface area contributed by atoms with Gasteiger partial charge in [0.15, 0.2) is 11.6 Å². The first kappa shape index (κ1) is 84.5. The Kier molecular flexibility index (Phi) is 28.2. The van der Waals surface area contributed by atoms with Crippen LogP contribution in [0.25, 0.3) is 67.0 Å². The molecule has 0 aliphatic carbocycles. The van der Waals surface area contributed by atoms with E-state index in [1.165, 1.54) is 29.3 Å². The molecule has 0 aliphatic heterocycles. The molecule has 13 heteroatoms. The largest absolute Gasteiger partial charge is 0.285 e. The van der Waals surface area contributed by atoms with Gasteiger partial charge in [0.25, 0.3) is 0 Å². The third-order valence-corrected chi connectivity index (χ3v) is 18.2. The molecule has 0 amide bonds. The number of nitrogens with zero attached hydrogens (tertiary/aromatic N) is 3. The second kappa shape index (κ2) is 35.7. The summed E-state index contributed by atoms with van der Waals surface area (Å²) in [7, 11) is 0. The topological polar surface area (TPSA) is 54.5 Å². The molecule has 0 spiro atoms. The number of aromatic nitrogens is 4. The fourth-order valence-corrected chi connectivity index (χ4v) is 12.1. The predicted octanol–water partition coefficient (Wildman–Crippen LogP) is 28.2. The van der Waals surface area contributed by atoms with Crippen molar-refractivity contribution >= 4 is 11.6 Å². The standard InChI is InChI=1S/C17H17F3.C17H18F2.C16H16ClF.C16H16F2.C16H19N.C12H15N3/c1-10-8-14(18)15(19)9-12(10)11-6-5-7-13(16(11)20)17(2,3)4;1-11-10-12(18)8-9-13(11)14-6-5-7-15(16(14)19)17(2,3)4;1-16(2,3)14-9-5-8-13(15(14)18)11-6-4-7-12(17)10-11;1-10(2)12-5-4-6-13(8-12)16-11(3)7-14(17)9-15(16)18;1-12-8-5-6-9-13(12)14-10-7-11-15(17-14)16(2,3)4;1-12(2,3)11-6-4-5-10(15-11)9-7-13-14-8-9/h5-9H,1-4H3;5-10H,1-4H3;2*4-10H,1-3H3;5-11H,1-4H3;4-8H,1-3H3,(H,13,14). The van der Waals surface area contributed by atoms with Crippen LogP contribution in [0.5, 0.6) is 0 Å². The lowest BCUT2D eigenvalue weighted by Crippen LogP contribution is -2.14. The van der Waals surface area contributed by atoms with E-state index in [9.17, 15) is 35.1 Å². The van der Waals surface area contributed by atoms with Gasteiger partial charge in [-0.3, -0.25) is 15.1 Å². The number of benzene rings is 9. The lowest BCUT2D eigenvalue weighted by Gasteiger charge is -2.21. The van der Waals surface area contributed by atoms with Gasteiger partial charge in [-0.1, -0.05) is 263 Å². The molecule has 3 aromatic heterocycles. The smallest absolute Gasteiger partial charge is 0.159 e. The van der Waals surface area contributed by atoms with Gasteiger partial charge in [0.05, 0.1) is 17.6 Å². The van der Waals surface area contributed by atoms with E-state index >= 15 is 0 Å². The van der Waals surface area contributed by atoms with E-state index in [1.807, 2.05) is 135 Å². The molecule has 0 unspecified atom stereocenters. The van der Waals surface area contributed by atoms with Gasteiger partial charge in [-0.25, -0.2) is 35.1 Å². The van der Waals surface area contributed by atoms with Crippen molar-refractivity contribution in [2.45, 2.75) is 178 Å². The minimum Gasteiger partial charge on any atom is -0.285 e. The molecule has 107 heavy (non-hydrogen) atoms. The van der Waals surface area contributed by atoms with Gasteiger partial charge < -0.3 is 0 Å². The number of rotatable bonds is 7. The van der Waals surface area contributed by atoms with Crippen LogP contribution in [0.2, 0.25) is 5.02 Å². The van der Waals surface area contributed by atoms with Crippen molar-refractivity contribution in [2.24, 2.45) is 0 Å². The molecule has 0 fully saturated rings. The highest BCUT2D eigenvalue weighted by Crippen LogP contribution is 2.38. The molecule has 0 radical (unpaired) electrons. The van der Waals surface area contributed by atoms with E-state index in [0.29, 0.717) is 61.0 Å². The molecule has 0 saturated carbocycles. The van der Waals surface area contributed by atoms with Crippen LogP contribution in [-0.4, -0.2) is 20.2 Å². The highest BCUT2D eigenvalue weighted by molar-refractivity contribution is 6.30. The second-order valence-electron chi connectivity index (χ2n) is 32.3. The number of pyridine rings is 2. The van der Waals surface area contributed by atoms with Crippen LogP contribution in [0.3, 0.4) is 0 Å². The van der Waals surface area contributed by atoms with E-state index in [-0.39, 0.29) is 50.3 Å². The van der Waals surface area contributed by atoms with Gasteiger partial charge in [0.2, 0.25) is 0 Å². The van der Waals surface area contributed by atoms with Crippen molar-refractivity contribution in [3.05, 3.63) is 326 Å². The Morgan fingerprint density at radius 2 is 0.794 bits per heavy atom. The minimum atomic E-state index is -0.967. The van der Waals surface area contributed by atoms with Crippen LogP contribution in [-0.2, 0) is 27.1 Å². The van der Waals surface area contributed by atoms with Gasteiger partial charge in [-0.2, -0.15) is 5.10 Å². The van der Waals surface area contributed by atoms with Crippen LogP contribution >= 0.6 is 11.6 Å². The van der Waals surface area contributed by atoms with Crippen molar-refractivity contribution in [1.29, 1.82) is 0 Å². The Balaban J connectivity index is 0.000000179. The molecule has 1 N–H and O–H groups in total. The third-order valence-electron chi connectivity index (χ3n) is 17.9. The molecule has 4 nitrogen and oxygen atoms in total. The molecule has 9 aromatic carbocycles. The summed E-state index contributed by atoms with van der Waals surface area (Å²) < 4.78 is 111. The van der Waals surface area contributed by atoms with Gasteiger partial charge in [-0.15, -0.1) is 0 Å². The van der Waals surface area contributed by atoms with Gasteiger partial charge in [-0.05, 0) is 183 Å². The number of hydrogen-bond donors (Lipinski definition) is 1. The van der Waals surface area contributed by atoms with Crippen LogP contribution < -0.4 is 0 Å². The average Bonchev–Trinajstić information content (AvgIpc) is 1.44. The maximum atomic E-state index is 14.7. The van der Waals surface area contributed by atoms with Crippen LogP contribution in [0.4, 0.5) is 35.1 Å². The summed E-state index contributed by atoms with van der Waals surface area (Å²) in [5.74, 6) is -3.60.